The van der Waals surface area contributed by atoms with E-state index in [9.17, 15) is 8.42 Å². The minimum Gasteiger partial charge on any atom is -0.207 e. The lowest BCUT2D eigenvalue weighted by molar-refractivity contribution is 0.431. The van der Waals surface area contributed by atoms with E-state index in [1.165, 1.54) is 4.31 Å². The number of fused-ring (bicyclic) bond motifs is 2. The average Bonchev–Trinajstić information content (AvgIpc) is 3.23. The Morgan fingerprint density at radius 3 is 2.34 bits per heavy atom. The molecule has 0 atom stereocenters. The van der Waals surface area contributed by atoms with Gasteiger partial charge in [0, 0.05) is 29.2 Å². The Bertz CT molecular complexity index is 1500. The third-order valence-corrected chi connectivity index (χ3v) is 7.82. The summed E-state index contributed by atoms with van der Waals surface area (Å²) in [5.74, 6) is 6.55. The highest BCUT2D eigenvalue weighted by molar-refractivity contribution is 7.89. The van der Waals surface area contributed by atoms with Crippen molar-refractivity contribution < 1.29 is 8.42 Å². The average molecular weight is 458 g/mol. The molecule has 1 aliphatic rings. The Kier molecular flexibility index (Phi) is 5.27. The predicted octanol–water partition coefficient (Wildman–Crippen LogP) is 5.91. The van der Waals surface area contributed by atoms with Gasteiger partial charge in [-0.2, -0.15) is 4.31 Å². The highest BCUT2D eigenvalue weighted by Gasteiger charge is 2.32. The topological polar surface area (TPSA) is 37.4 Å². The van der Waals surface area contributed by atoms with E-state index >= 15 is 0 Å². The maximum absolute atomic E-state index is 13.3. The van der Waals surface area contributed by atoms with Crippen LogP contribution >= 0.6 is 11.6 Å². The lowest BCUT2D eigenvalue weighted by Crippen LogP contribution is -2.25. The van der Waals surface area contributed by atoms with Crippen LogP contribution in [-0.4, -0.2) is 12.7 Å². The molecule has 32 heavy (non-hydrogen) atoms. The Morgan fingerprint density at radius 2 is 1.59 bits per heavy atom. The molecule has 1 heterocycles. The summed E-state index contributed by atoms with van der Waals surface area (Å²) in [5, 5.41) is 2.75. The van der Waals surface area contributed by atoms with Gasteiger partial charge in [-0.3, -0.25) is 0 Å². The van der Waals surface area contributed by atoms with Crippen molar-refractivity contribution >= 4 is 32.4 Å². The van der Waals surface area contributed by atoms with Crippen LogP contribution in [0.4, 0.5) is 0 Å². The van der Waals surface area contributed by atoms with Crippen LogP contribution in [0, 0.1) is 18.8 Å². The summed E-state index contributed by atoms with van der Waals surface area (Å²) in [6.45, 7) is 2.59. The van der Waals surface area contributed by atoms with Crippen LogP contribution < -0.4 is 0 Å². The van der Waals surface area contributed by atoms with E-state index in [2.05, 4.69) is 17.9 Å². The van der Waals surface area contributed by atoms with Crippen LogP contribution in [0.3, 0.4) is 0 Å². The third-order valence-electron chi connectivity index (χ3n) is 5.77. The second-order valence-electron chi connectivity index (χ2n) is 7.95. The molecule has 0 spiro atoms. The quantitative estimate of drug-likeness (QED) is 0.351. The van der Waals surface area contributed by atoms with Crippen LogP contribution in [0.15, 0.2) is 83.8 Å². The number of rotatable bonds is 2. The minimum absolute atomic E-state index is 0.307. The van der Waals surface area contributed by atoms with E-state index in [-0.39, 0.29) is 0 Å². The number of hydrogen-bond acceptors (Lipinski definition) is 2. The number of halogens is 1. The Balaban J connectivity index is 1.59. The first-order chi connectivity index (χ1) is 15.4. The number of aryl methyl sites for hydroxylation is 1. The van der Waals surface area contributed by atoms with Gasteiger partial charge < -0.3 is 0 Å². The maximum atomic E-state index is 13.3. The van der Waals surface area contributed by atoms with E-state index in [0.29, 0.717) is 23.0 Å². The number of hydrogen-bond donors (Lipinski definition) is 0. The van der Waals surface area contributed by atoms with Gasteiger partial charge in [-0.15, -0.1) is 0 Å². The van der Waals surface area contributed by atoms with Crippen LogP contribution in [0.25, 0.3) is 10.8 Å². The molecule has 0 aliphatic carbocycles. The molecule has 5 rings (SSSR count). The van der Waals surface area contributed by atoms with E-state index in [4.69, 9.17) is 11.6 Å². The van der Waals surface area contributed by atoms with Gasteiger partial charge in [-0.25, -0.2) is 8.42 Å². The Labute approximate surface area is 193 Å². The lowest BCUT2D eigenvalue weighted by atomic mass is 9.95. The van der Waals surface area contributed by atoms with Crippen molar-refractivity contribution in [1.29, 1.82) is 0 Å². The maximum Gasteiger partial charge on any atom is 0.243 e. The molecule has 0 saturated heterocycles. The van der Waals surface area contributed by atoms with E-state index in [1.807, 2.05) is 67.6 Å². The minimum atomic E-state index is -3.60. The highest BCUT2D eigenvalue weighted by Crippen LogP contribution is 2.35. The zero-order valence-electron chi connectivity index (χ0n) is 17.5. The normalized spacial score (nSPS) is 13.6. The summed E-state index contributed by atoms with van der Waals surface area (Å²) >= 11 is 5.99. The molecule has 0 aromatic heterocycles. The van der Waals surface area contributed by atoms with Gasteiger partial charge in [0.25, 0.3) is 0 Å². The monoisotopic (exact) mass is 457 g/mol. The molecule has 1 aliphatic heterocycles. The van der Waals surface area contributed by atoms with Gasteiger partial charge in [0.1, 0.15) is 0 Å². The van der Waals surface area contributed by atoms with Crippen LogP contribution in [0.2, 0.25) is 5.02 Å². The van der Waals surface area contributed by atoms with Gasteiger partial charge in [-0.1, -0.05) is 65.4 Å². The van der Waals surface area contributed by atoms with Crippen LogP contribution in [0.5, 0.6) is 0 Å². The van der Waals surface area contributed by atoms with Crippen molar-refractivity contribution in [2.24, 2.45) is 0 Å². The predicted molar refractivity (Wildman–Crippen MR) is 129 cm³/mol. The first-order valence-corrected chi connectivity index (χ1v) is 12.1. The fourth-order valence-electron chi connectivity index (χ4n) is 4.03. The first-order valence-electron chi connectivity index (χ1n) is 10.3. The third kappa shape index (κ3) is 3.80. The first kappa shape index (κ1) is 20.8. The Hall–Kier alpha value is -3.10. The summed E-state index contributed by atoms with van der Waals surface area (Å²) in [6.07, 6.45) is 0. The molecule has 0 saturated carbocycles. The van der Waals surface area contributed by atoms with Gasteiger partial charge in [-0.05, 0) is 71.3 Å². The number of sulfonamides is 1. The molecule has 0 amide bonds. The molecule has 0 N–H and O–H groups in total. The standard InChI is InChI=1S/C27H20ClNO2S/c1-19-6-13-24(14-7-19)32(30,31)29-17-22-16-21-4-2-3-5-25(21)26(27(22)18-29)15-10-20-8-11-23(28)12-9-20/h2-9,11-14,16H,17-18H2,1H3. The van der Waals surface area contributed by atoms with Crippen molar-refractivity contribution in [3.05, 3.63) is 112 Å². The zero-order chi connectivity index (χ0) is 22.3. The van der Waals surface area contributed by atoms with E-state index in [1.54, 1.807) is 12.1 Å². The summed E-state index contributed by atoms with van der Waals surface area (Å²) in [5.41, 5.74) is 4.74. The SMILES string of the molecule is Cc1ccc(S(=O)(=O)N2Cc3cc4ccccc4c(C#Cc4ccc(Cl)cc4)c3C2)cc1. The number of nitrogens with zero attached hydrogens (tertiary/aromatic N) is 1. The van der Waals surface area contributed by atoms with E-state index in [0.717, 1.165) is 38.6 Å². The fraction of sp³-hybridized carbons (Fsp3) is 0.111. The second kappa shape index (κ2) is 8.11. The second-order valence-corrected chi connectivity index (χ2v) is 10.3. The molecule has 4 aromatic rings. The van der Waals surface area contributed by atoms with E-state index < -0.39 is 10.0 Å². The molecular formula is C27H20ClNO2S. The van der Waals surface area contributed by atoms with Crippen molar-refractivity contribution in [2.45, 2.75) is 24.9 Å². The lowest BCUT2D eigenvalue weighted by Gasteiger charge is -2.15. The Morgan fingerprint density at radius 1 is 0.875 bits per heavy atom. The molecule has 0 unspecified atom stereocenters. The smallest absolute Gasteiger partial charge is 0.207 e. The van der Waals surface area contributed by atoms with Crippen molar-refractivity contribution in [1.82, 2.24) is 4.31 Å². The molecule has 4 aromatic carbocycles. The van der Waals surface area contributed by atoms with Crippen LogP contribution in [0.1, 0.15) is 27.8 Å². The van der Waals surface area contributed by atoms with Crippen molar-refractivity contribution in [3.8, 4) is 11.8 Å². The molecule has 5 heteroatoms. The summed E-state index contributed by atoms with van der Waals surface area (Å²) in [6, 6.07) is 24.5. The highest BCUT2D eigenvalue weighted by atomic mass is 35.5. The molecule has 158 valence electrons. The molecule has 0 fully saturated rings. The van der Waals surface area contributed by atoms with Crippen molar-refractivity contribution in [2.75, 3.05) is 0 Å². The van der Waals surface area contributed by atoms with Gasteiger partial charge >= 0.3 is 0 Å². The summed E-state index contributed by atoms with van der Waals surface area (Å²) in [4.78, 5) is 0.314. The molecular weight excluding hydrogens is 438 g/mol. The molecule has 0 radical (unpaired) electrons. The van der Waals surface area contributed by atoms with Gasteiger partial charge in [0.2, 0.25) is 10.0 Å². The summed E-state index contributed by atoms with van der Waals surface area (Å²) in [7, 11) is -3.60. The largest absolute Gasteiger partial charge is 0.243 e. The molecule has 0 bridgehead atoms. The van der Waals surface area contributed by atoms with Gasteiger partial charge in [0.15, 0.2) is 0 Å². The van der Waals surface area contributed by atoms with Gasteiger partial charge in [0.05, 0.1) is 4.90 Å². The number of benzene rings is 4. The van der Waals surface area contributed by atoms with Crippen molar-refractivity contribution in [3.63, 3.8) is 0 Å². The van der Waals surface area contributed by atoms with Crippen LogP contribution in [-0.2, 0) is 23.1 Å². The fourth-order valence-corrected chi connectivity index (χ4v) is 5.54. The summed E-state index contributed by atoms with van der Waals surface area (Å²) < 4.78 is 28.2. The zero-order valence-corrected chi connectivity index (χ0v) is 19.0. The molecule has 3 nitrogen and oxygen atoms in total.